The van der Waals surface area contributed by atoms with E-state index < -0.39 is 0 Å². The number of hydrogen-bond donors (Lipinski definition) is 1. The van der Waals surface area contributed by atoms with Crippen LogP contribution in [0.5, 0.6) is 5.88 Å². The van der Waals surface area contributed by atoms with Crippen molar-refractivity contribution in [3.05, 3.63) is 39.7 Å². The van der Waals surface area contributed by atoms with E-state index in [2.05, 4.69) is 41.5 Å². The number of hydrogen-bond acceptors (Lipinski definition) is 5. The van der Waals surface area contributed by atoms with Crippen molar-refractivity contribution in [2.75, 3.05) is 13.7 Å². The molecule has 21 heavy (non-hydrogen) atoms. The van der Waals surface area contributed by atoms with E-state index in [9.17, 15) is 0 Å². The molecule has 0 bridgehead atoms. The molecule has 2 aromatic rings. The first kappa shape index (κ1) is 15.9. The summed E-state index contributed by atoms with van der Waals surface area (Å²) in [7, 11) is 1.61. The maximum absolute atomic E-state index is 5.07. The van der Waals surface area contributed by atoms with Crippen molar-refractivity contribution in [1.82, 2.24) is 15.5 Å². The maximum Gasteiger partial charge on any atom is 0.233 e. The van der Waals surface area contributed by atoms with Gasteiger partial charge in [-0.25, -0.2) is 0 Å². The van der Waals surface area contributed by atoms with Crippen LogP contribution in [0.2, 0.25) is 0 Å². The summed E-state index contributed by atoms with van der Waals surface area (Å²) in [6.45, 7) is 5.34. The van der Waals surface area contributed by atoms with E-state index in [0.717, 1.165) is 31.5 Å². The fourth-order valence-electron chi connectivity index (χ4n) is 2.15. The van der Waals surface area contributed by atoms with E-state index in [1.807, 2.05) is 23.5 Å². The second-order valence-electron chi connectivity index (χ2n) is 4.93. The molecule has 0 fully saturated rings. The Kier molecular flexibility index (Phi) is 6.14. The highest BCUT2D eigenvalue weighted by molar-refractivity contribution is 7.11. The van der Waals surface area contributed by atoms with Crippen LogP contribution in [0.25, 0.3) is 0 Å². The molecule has 0 aliphatic rings. The van der Waals surface area contributed by atoms with Crippen molar-refractivity contribution in [3.8, 4) is 5.88 Å². The van der Waals surface area contributed by atoms with Crippen LogP contribution in [0.4, 0.5) is 0 Å². The van der Waals surface area contributed by atoms with Crippen molar-refractivity contribution in [2.45, 2.75) is 39.2 Å². The Morgan fingerprint density at radius 1 is 1.14 bits per heavy atom. The highest BCUT2D eigenvalue weighted by Gasteiger charge is 2.15. The molecule has 0 radical (unpaired) electrons. The summed E-state index contributed by atoms with van der Waals surface area (Å²) in [6.07, 6.45) is 3.15. The molecule has 2 aromatic heterocycles. The summed E-state index contributed by atoms with van der Waals surface area (Å²) in [5.74, 6) is 0.553. The van der Waals surface area contributed by atoms with Crippen LogP contribution < -0.4 is 10.1 Å². The lowest BCUT2D eigenvalue weighted by molar-refractivity contribution is 0.389. The van der Waals surface area contributed by atoms with Gasteiger partial charge in [-0.2, -0.15) is 5.10 Å². The molecule has 1 N–H and O–H groups in total. The summed E-state index contributed by atoms with van der Waals surface area (Å²) >= 11 is 1.88. The van der Waals surface area contributed by atoms with Gasteiger partial charge in [-0.1, -0.05) is 13.8 Å². The molecule has 2 heterocycles. The lowest BCUT2D eigenvalue weighted by Gasteiger charge is -2.17. The van der Waals surface area contributed by atoms with Crippen molar-refractivity contribution in [2.24, 2.45) is 0 Å². The Morgan fingerprint density at radius 2 is 1.95 bits per heavy atom. The van der Waals surface area contributed by atoms with Crippen LogP contribution in [0.15, 0.2) is 24.3 Å². The standard InChI is InChI=1S/C16H23N3OS/c1-4-10-17-15(11-13-7-6-12(5-2)21-13)14-8-9-16(20-3)19-18-14/h6-9,15,17H,4-5,10-11H2,1-3H3. The van der Waals surface area contributed by atoms with Gasteiger partial charge < -0.3 is 10.1 Å². The van der Waals surface area contributed by atoms with E-state index in [1.54, 1.807) is 7.11 Å². The second-order valence-corrected chi connectivity index (χ2v) is 6.19. The number of thiophene rings is 1. The highest BCUT2D eigenvalue weighted by atomic mass is 32.1. The number of ether oxygens (including phenoxy) is 1. The fraction of sp³-hybridized carbons (Fsp3) is 0.500. The Bertz CT molecular complexity index is 539. The zero-order valence-corrected chi connectivity index (χ0v) is 13.7. The van der Waals surface area contributed by atoms with Gasteiger partial charge in [0.1, 0.15) is 0 Å². The van der Waals surface area contributed by atoms with E-state index in [-0.39, 0.29) is 6.04 Å². The Balaban J connectivity index is 2.12. The molecule has 0 aliphatic heterocycles. The average Bonchev–Trinajstić information content (AvgIpc) is 2.99. The second kappa shape index (κ2) is 8.10. The smallest absolute Gasteiger partial charge is 0.233 e. The van der Waals surface area contributed by atoms with Gasteiger partial charge in [0.2, 0.25) is 5.88 Å². The normalized spacial score (nSPS) is 12.3. The van der Waals surface area contributed by atoms with Crippen LogP contribution in [-0.4, -0.2) is 23.9 Å². The molecule has 0 aromatic carbocycles. The predicted molar refractivity (Wildman–Crippen MR) is 87.0 cm³/mol. The third kappa shape index (κ3) is 4.51. The molecule has 2 rings (SSSR count). The minimum Gasteiger partial charge on any atom is -0.480 e. The van der Waals surface area contributed by atoms with E-state index in [1.165, 1.54) is 9.75 Å². The van der Waals surface area contributed by atoms with Crippen LogP contribution in [-0.2, 0) is 12.8 Å². The molecule has 1 atom stereocenters. The molecular weight excluding hydrogens is 282 g/mol. The van der Waals surface area contributed by atoms with Crippen molar-refractivity contribution >= 4 is 11.3 Å². The Labute approximate surface area is 130 Å². The molecule has 4 nitrogen and oxygen atoms in total. The molecular formula is C16H23N3OS. The van der Waals surface area contributed by atoms with Gasteiger partial charge in [0.25, 0.3) is 0 Å². The molecule has 0 spiro atoms. The lowest BCUT2D eigenvalue weighted by Crippen LogP contribution is -2.25. The highest BCUT2D eigenvalue weighted by Crippen LogP contribution is 2.23. The zero-order chi connectivity index (χ0) is 15.1. The van der Waals surface area contributed by atoms with E-state index >= 15 is 0 Å². The van der Waals surface area contributed by atoms with Gasteiger partial charge >= 0.3 is 0 Å². The molecule has 114 valence electrons. The summed E-state index contributed by atoms with van der Waals surface area (Å²) < 4.78 is 5.07. The Morgan fingerprint density at radius 3 is 2.52 bits per heavy atom. The SMILES string of the molecule is CCCNC(Cc1ccc(CC)s1)c1ccc(OC)nn1. The number of nitrogens with zero attached hydrogens (tertiary/aromatic N) is 2. The van der Waals surface area contributed by atoms with Crippen LogP contribution >= 0.6 is 11.3 Å². The molecule has 5 heteroatoms. The third-order valence-corrected chi connectivity index (χ3v) is 4.59. The molecule has 0 aliphatic carbocycles. The van der Waals surface area contributed by atoms with Crippen molar-refractivity contribution in [1.29, 1.82) is 0 Å². The maximum atomic E-state index is 5.07. The number of methoxy groups -OCH3 is 1. The lowest BCUT2D eigenvalue weighted by atomic mass is 10.1. The monoisotopic (exact) mass is 305 g/mol. The number of nitrogens with one attached hydrogen (secondary N) is 1. The summed E-state index contributed by atoms with van der Waals surface area (Å²) in [5.41, 5.74) is 0.968. The van der Waals surface area contributed by atoms with Gasteiger partial charge in [-0.3, -0.25) is 0 Å². The third-order valence-electron chi connectivity index (χ3n) is 3.34. The molecule has 0 saturated carbocycles. The van der Waals surface area contributed by atoms with Crippen molar-refractivity contribution < 1.29 is 4.74 Å². The summed E-state index contributed by atoms with van der Waals surface area (Å²) in [4.78, 5) is 2.82. The first-order chi connectivity index (χ1) is 10.3. The minimum absolute atomic E-state index is 0.201. The largest absolute Gasteiger partial charge is 0.480 e. The van der Waals surface area contributed by atoms with Crippen LogP contribution in [0, 0.1) is 0 Å². The van der Waals surface area contributed by atoms with E-state index in [0.29, 0.717) is 5.88 Å². The first-order valence-corrected chi connectivity index (χ1v) is 8.27. The minimum atomic E-state index is 0.201. The average molecular weight is 305 g/mol. The van der Waals surface area contributed by atoms with Gasteiger partial charge in [0.05, 0.1) is 18.8 Å². The first-order valence-electron chi connectivity index (χ1n) is 7.45. The molecule has 1 unspecified atom stereocenters. The Hall–Kier alpha value is -1.46. The van der Waals surface area contributed by atoms with Crippen LogP contribution in [0.3, 0.4) is 0 Å². The summed E-state index contributed by atoms with van der Waals surface area (Å²) in [6, 6.07) is 8.51. The van der Waals surface area contributed by atoms with E-state index in [4.69, 9.17) is 4.74 Å². The summed E-state index contributed by atoms with van der Waals surface area (Å²) in [5, 5.41) is 11.9. The number of aryl methyl sites for hydroxylation is 1. The molecule has 0 amide bonds. The predicted octanol–water partition coefficient (Wildman–Crippen LogP) is 3.39. The van der Waals surface area contributed by atoms with Gasteiger partial charge in [0, 0.05) is 22.2 Å². The molecule has 0 saturated heterocycles. The number of aromatic nitrogens is 2. The van der Waals surface area contributed by atoms with Gasteiger partial charge in [0.15, 0.2) is 0 Å². The van der Waals surface area contributed by atoms with Gasteiger partial charge in [-0.05, 0) is 37.6 Å². The zero-order valence-electron chi connectivity index (χ0n) is 12.9. The fourth-order valence-corrected chi connectivity index (χ4v) is 3.15. The van der Waals surface area contributed by atoms with Crippen molar-refractivity contribution in [3.63, 3.8) is 0 Å². The topological polar surface area (TPSA) is 47.0 Å². The van der Waals surface area contributed by atoms with Crippen LogP contribution in [0.1, 0.15) is 41.8 Å². The number of rotatable bonds is 8. The quantitative estimate of drug-likeness (QED) is 0.812. The van der Waals surface area contributed by atoms with Gasteiger partial charge in [-0.15, -0.1) is 16.4 Å².